The molecule has 0 aliphatic carbocycles. The molecule has 1 aromatic heterocycles. The summed E-state index contributed by atoms with van der Waals surface area (Å²) in [6.45, 7) is 7.63. The minimum atomic E-state index is -2.32. The standard InChI is InChI=1S/C17H25N2O7PS/c1-11-9-12(26-14(11)19-6-5-13(20)18-16(19)22)10-25-27(23)24-7-8-28-15(21)17(2,3)4/h5-6,11-12,14H,7-10H2,1-4H3/p+1/t11-,12-,14+/m0/s1. The largest absolute Gasteiger partial charge is 0.697 e. The molecular formula is C17H26N2O7PS+. The van der Waals surface area contributed by atoms with E-state index >= 15 is 0 Å². The molecule has 0 bridgehead atoms. The number of H-pyrrole nitrogens is 1. The summed E-state index contributed by atoms with van der Waals surface area (Å²) in [7, 11) is -2.32. The van der Waals surface area contributed by atoms with Gasteiger partial charge in [-0.1, -0.05) is 39.5 Å². The van der Waals surface area contributed by atoms with E-state index in [4.69, 9.17) is 13.8 Å². The maximum Gasteiger partial charge on any atom is 0.697 e. The van der Waals surface area contributed by atoms with Gasteiger partial charge in [-0.05, 0) is 6.42 Å². The molecule has 2 heterocycles. The lowest BCUT2D eigenvalue weighted by Gasteiger charge is -2.17. The fraction of sp³-hybridized carbons (Fsp3) is 0.706. The van der Waals surface area contributed by atoms with Gasteiger partial charge in [0.05, 0.1) is 6.10 Å². The average molecular weight is 433 g/mol. The predicted molar refractivity (Wildman–Crippen MR) is 105 cm³/mol. The Hall–Kier alpha value is -1.32. The lowest BCUT2D eigenvalue weighted by atomic mass is 10.00. The van der Waals surface area contributed by atoms with Gasteiger partial charge in [-0.15, -0.1) is 9.05 Å². The van der Waals surface area contributed by atoms with Crippen molar-refractivity contribution in [3.8, 4) is 0 Å². The van der Waals surface area contributed by atoms with E-state index in [1.807, 2.05) is 27.7 Å². The van der Waals surface area contributed by atoms with Crippen LogP contribution in [0.2, 0.25) is 0 Å². The van der Waals surface area contributed by atoms with Crippen LogP contribution in [-0.2, 0) is 23.1 Å². The van der Waals surface area contributed by atoms with Crippen LogP contribution in [0, 0.1) is 11.3 Å². The average Bonchev–Trinajstić information content (AvgIpc) is 2.96. The van der Waals surface area contributed by atoms with Crippen LogP contribution in [0.1, 0.15) is 40.3 Å². The molecule has 1 aliphatic rings. The second-order valence-electron chi connectivity index (χ2n) is 7.62. The molecule has 1 saturated heterocycles. The number of aromatic amines is 1. The normalized spacial score (nSPS) is 23.0. The number of thioether (sulfide) groups is 1. The molecule has 0 amide bonds. The molecule has 1 N–H and O–H groups in total. The van der Waals surface area contributed by atoms with Crippen LogP contribution < -0.4 is 11.2 Å². The molecular weight excluding hydrogens is 407 g/mol. The highest BCUT2D eigenvalue weighted by molar-refractivity contribution is 8.13. The highest BCUT2D eigenvalue weighted by atomic mass is 32.2. The Morgan fingerprint density at radius 2 is 2.11 bits per heavy atom. The molecule has 0 aromatic carbocycles. The summed E-state index contributed by atoms with van der Waals surface area (Å²) < 4.78 is 29.3. The van der Waals surface area contributed by atoms with E-state index < -0.39 is 31.1 Å². The van der Waals surface area contributed by atoms with E-state index in [0.29, 0.717) is 12.2 Å². The molecule has 1 aromatic rings. The molecule has 1 unspecified atom stereocenters. The van der Waals surface area contributed by atoms with Crippen LogP contribution in [0.25, 0.3) is 0 Å². The zero-order valence-corrected chi connectivity index (χ0v) is 18.1. The monoisotopic (exact) mass is 433 g/mol. The summed E-state index contributed by atoms with van der Waals surface area (Å²) >= 11 is 1.14. The molecule has 156 valence electrons. The number of carbonyl (C=O) groups is 1. The molecule has 0 radical (unpaired) electrons. The van der Waals surface area contributed by atoms with Crippen molar-refractivity contribution in [2.24, 2.45) is 11.3 Å². The van der Waals surface area contributed by atoms with Gasteiger partial charge >= 0.3 is 13.9 Å². The van der Waals surface area contributed by atoms with E-state index in [1.54, 1.807) is 0 Å². The first-order chi connectivity index (χ1) is 13.1. The van der Waals surface area contributed by atoms with Crippen LogP contribution in [0.15, 0.2) is 21.9 Å². The number of ether oxygens (including phenoxy) is 1. The second kappa shape index (κ2) is 9.93. The van der Waals surface area contributed by atoms with Crippen molar-refractivity contribution >= 4 is 25.1 Å². The maximum atomic E-state index is 11.9. The van der Waals surface area contributed by atoms with Gasteiger partial charge in [-0.25, -0.2) is 4.79 Å². The van der Waals surface area contributed by atoms with E-state index in [9.17, 15) is 18.9 Å². The third-order valence-electron chi connectivity index (χ3n) is 4.07. The third-order valence-corrected chi connectivity index (χ3v) is 6.07. The van der Waals surface area contributed by atoms with E-state index in [0.717, 1.165) is 11.8 Å². The Morgan fingerprint density at radius 1 is 1.39 bits per heavy atom. The summed E-state index contributed by atoms with van der Waals surface area (Å²) in [6.07, 6.45) is 1.12. The SMILES string of the molecule is C[C@H]1C[C@@H](CO[P+](=O)OCCSC(=O)C(C)(C)C)O[C@H]1n1ccc(=O)[nH]c1=O. The van der Waals surface area contributed by atoms with Gasteiger partial charge in [0.15, 0.2) is 5.12 Å². The quantitative estimate of drug-likeness (QED) is 0.491. The molecule has 11 heteroatoms. The van der Waals surface area contributed by atoms with Gasteiger partial charge in [0.1, 0.15) is 19.4 Å². The van der Waals surface area contributed by atoms with Crippen LogP contribution in [0.4, 0.5) is 0 Å². The first-order valence-corrected chi connectivity index (χ1v) is 11.0. The fourth-order valence-electron chi connectivity index (χ4n) is 2.64. The lowest BCUT2D eigenvalue weighted by molar-refractivity contribution is -0.117. The smallest absolute Gasteiger partial charge is 0.352 e. The first kappa shape index (κ1) is 23.0. The highest BCUT2D eigenvalue weighted by Gasteiger charge is 2.36. The minimum Gasteiger partial charge on any atom is -0.352 e. The van der Waals surface area contributed by atoms with Gasteiger partial charge < -0.3 is 4.74 Å². The Morgan fingerprint density at radius 3 is 2.75 bits per heavy atom. The van der Waals surface area contributed by atoms with Crippen molar-refractivity contribution in [2.45, 2.75) is 46.4 Å². The molecule has 4 atom stereocenters. The summed E-state index contributed by atoms with van der Waals surface area (Å²) in [5.41, 5.74) is -1.43. The van der Waals surface area contributed by atoms with Crippen molar-refractivity contribution in [1.82, 2.24) is 9.55 Å². The second-order valence-corrected chi connectivity index (χ2v) is 9.65. The van der Waals surface area contributed by atoms with Crippen molar-refractivity contribution in [3.63, 3.8) is 0 Å². The molecule has 0 saturated carbocycles. The lowest BCUT2D eigenvalue weighted by Crippen LogP contribution is -2.33. The van der Waals surface area contributed by atoms with E-state index in [1.165, 1.54) is 16.8 Å². The Kier molecular flexibility index (Phi) is 8.15. The molecule has 0 spiro atoms. The summed E-state index contributed by atoms with van der Waals surface area (Å²) in [6, 6.07) is 1.26. The Balaban J connectivity index is 1.73. The minimum absolute atomic E-state index is 0.0100. The predicted octanol–water partition coefficient (Wildman–Crippen LogP) is 2.46. The number of aromatic nitrogens is 2. The van der Waals surface area contributed by atoms with Crippen molar-refractivity contribution in [3.05, 3.63) is 33.1 Å². The topological polar surface area (TPSA) is 117 Å². The third kappa shape index (κ3) is 6.63. The van der Waals surface area contributed by atoms with Gasteiger partial charge in [0, 0.05) is 33.9 Å². The molecule has 2 rings (SSSR count). The van der Waals surface area contributed by atoms with Gasteiger partial charge in [0.25, 0.3) is 5.56 Å². The van der Waals surface area contributed by atoms with Crippen LogP contribution >= 0.6 is 20.0 Å². The molecule has 9 nitrogen and oxygen atoms in total. The molecule has 1 aliphatic heterocycles. The van der Waals surface area contributed by atoms with Gasteiger partial charge in [-0.2, -0.15) is 0 Å². The van der Waals surface area contributed by atoms with Crippen LogP contribution in [0.3, 0.4) is 0 Å². The van der Waals surface area contributed by atoms with Crippen LogP contribution in [0.5, 0.6) is 0 Å². The Labute approximate surface area is 168 Å². The zero-order chi connectivity index (χ0) is 20.9. The maximum absolute atomic E-state index is 11.9. The number of nitrogens with one attached hydrogen (secondary N) is 1. The molecule has 1 fully saturated rings. The fourth-order valence-corrected chi connectivity index (χ4v) is 4.15. The number of hydrogen-bond donors (Lipinski definition) is 1. The highest BCUT2D eigenvalue weighted by Crippen LogP contribution is 2.35. The molecule has 28 heavy (non-hydrogen) atoms. The van der Waals surface area contributed by atoms with Crippen LogP contribution in [-0.4, -0.2) is 39.7 Å². The Bertz CT molecular complexity index is 817. The number of nitrogens with zero attached hydrogens (tertiary/aromatic N) is 1. The summed E-state index contributed by atoms with van der Waals surface area (Å²) in [5.74, 6) is 0.408. The van der Waals surface area contributed by atoms with Crippen molar-refractivity contribution in [1.29, 1.82) is 0 Å². The van der Waals surface area contributed by atoms with Gasteiger partial charge in [0.2, 0.25) is 0 Å². The van der Waals surface area contributed by atoms with E-state index in [-0.39, 0.29) is 30.4 Å². The van der Waals surface area contributed by atoms with Crippen molar-refractivity contribution < 1.29 is 23.1 Å². The van der Waals surface area contributed by atoms with Crippen molar-refractivity contribution in [2.75, 3.05) is 19.0 Å². The first-order valence-electron chi connectivity index (χ1n) is 8.95. The number of rotatable bonds is 8. The summed E-state index contributed by atoms with van der Waals surface area (Å²) in [4.78, 5) is 37.1. The van der Waals surface area contributed by atoms with Gasteiger partial charge in [-0.3, -0.25) is 19.1 Å². The number of hydrogen-bond acceptors (Lipinski definition) is 8. The zero-order valence-electron chi connectivity index (χ0n) is 16.4. The van der Waals surface area contributed by atoms with E-state index in [2.05, 4.69) is 4.98 Å². The summed E-state index contributed by atoms with van der Waals surface area (Å²) in [5, 5.41) is 0.0455. The number of carbonyl (C=O) groups excluding carboxylic acids is 1.